The highest BCUT2D eigenvalue weighted by atomic mass is 16.5. The van der Waals surface area contributed by atoms with Crippen molar-refractivity contribution in [3.05, 3.63) is 64.0 Å². The van der Waals surface area contributed by atoms with Gasteiger partial charge in [0.05, 0.1) is 17.7 Å². The number of aromatic nitrogens is 1. The first-order valence-electron chi connectivity index (χ1n) is 7.36. The number of hydrogen-bond acceptors (Lipinski definition) is 6. The molecular weight excluding hydrogens is 310 g/mol. The molecule has 1 aliphatic carbocycles. The zero-order valence-electron chi connectivity index (χ0n) is 13.1. The number of pyridine rings is 1. The molecule has 0 saturated heterocycles. The average Bonchev–Trinajstić information content (AvgIpc) is 2.58. The molecule has 1 aromatic carbocycles. The van der Waals surface area contributed by atoms with E-state index in [4.69, 9.17) is 4.74 Å². The number of nitrogens with zero attached hydrogens (tertiary/aromatic N) is 1. The van der Waals surface area contributed by atoms with E-state index in [-0.39, 0.29) is 40.1 Å². The standard InChI is InChI=1S/C18H13NO5/c1-3-24-18(23)12-8-19-15-14(13(12)9(2)20)16(21)10-6-4-5-7-11(10)17(15)22/h4-8H,3H2,1-2H3. The highest BCUT2D eigenvalue weighted by Gasteiger charge is 2.36. The monoisotopic (exact) mass is 323 g/mol. The van der Waals surface area contributed by atoms with Crippen LogP contribution in [-0.2, 0) is 4.74 Å². The Bertz CT molecular complexity index is 914. The molecule has 0 saturated carbocycles. The summed E-state index contributed by atoms with van der Waals surface area (Å²) in [6, 6.07) is 6.32. The van der Waals surface area contributed by atoms with Gasteiger partial charge >= 0.3 is 5.97 Å². The molecule has 0 unspecified atom stereocenters. The van der Waals surface area contributed by atoms with Crippen LogP contribution in [0.1, 0.15) is 66.5 Å². The van der Waals surface area contributed by atoms with Gasteiger partial charge in [-0.15, -0.1) is 0 Å². The van der Waals surface area contributed by atoms with Crippen molar-refractivity contribution in [2.24, 2.45) is 0 Å². The molecule has 0 fully saturated rings. The lowest BCUT2D eigenvalue weighted by atomic mass is 9.83. The number of Topliss-reactive ketones (excluding diaryl/α,β-unsaturated/α-hetero) is 1. The lowest BCUT2D eigenvalue weighted by molar-refractivity contribution is 0.0522. The molecule has 6 heteroatoms. The number of esters is 1. The second-order valence-corrected chi connectivity index (χ2v) is 5.25. The summed E-state index contributed by atoms with van der Waals surface area (Å²) >= 11 is 0. The molecule has 1 aromatic heterocycles. The molecule has 24 heavy (non-hydrogen) atoms. The SMILES string of the molecule is CCOC(=O)c1cnc2c(c1C(C)=O)C(=O)c1ccccc1C2=O. The van der Waals surface area contributed by atoms with E-state index in [9.17, 15) is 19.2 Å². The molecule has 120 valence electrons. The maximum Gasteiger partial charge on any atom is 0.340 e. The van der Waals surface area contributed by atoms with E-state index in [1.807, 2.05) is 0 Å². The molecule has 0 amide bonds. The number of carbonyl (C=O) groups is 4. The molecule has 0 N–H and O–H groups in total. The van der Waals surface area contributed by atoms with Crippen LogP contribution in [0.25, 0.3) is 0 Å². The van der Waals surface area contributed by atoms with Crippen LogP contribution in [0.2, 0.25) is 0 Å². The fourth-order valence-electron chi connectivity index (χ4n) is 2.78. The number of carbonyl (C=O) groups excluding carboxylic acids is 4. The van der Waals surface area contributed by atoms with E-state index in [0.29, 0.717) is 0 Å². The van der Waals surface area contributed by atoms with E-state index in [2.05, 4.69) is 4.98 Å². The van der Waals surface area contributed by atoms with Crippen molar-refractivity contribution < 1.29 is 23.9 Å². The Kier molecular flexibility index (Phi) is 3.81. The zero-order valence-corrected chi connectivity index (χ0v) is 13.1. The summed E-state index contributed by atoms with van der Waals surface area (Å²) < 4.78 is 4.91. The summed E-state index contributed by atoms with van der Waals surface area (Å²) in [7, 11) is 0. The molecule has 0 radical (unpaired) electrons. The van der Waals surface area contributed by atoms with E-state index >= 15 is 0 Å². The lowest BCUT2D eigenvalue weighted by Gasteiger charge is -2.19. The topological polar surface area (TPSA) is 90.4 Å². The molecule has 0 atom stereocenters. The average molecular weight is 323 g/mol. The molecule has 0 bridgehead atoms. The van der Waals surface area contributed by atoms with Gasteiger partial charge < -0.3 is 4.74 Å². The van der Waals surface area contributed by atoms with Crippen molar-refractivity contribution >= 4 is 23.3 Å². The van der Waals surface area contributed by atoms with Gasteiger partial charge in [-0.2, -0.15) is 0 Å². The van der Waals surface area contributed by atoms with Crippen LogP contribution < -0.4 is 0 Å². The van der Waals surface area contributed by atoms with Crippen molar-refractivity contribution in [2.45, 2.75) is 13.8 Å². The first-order chi connectivity index (χ1) is 11.5. The first kappa shape index (κ1) is 15.7. The van der Waals surface area contributed by atoms with Crippen molar-refractivity contribution in [3.63, 3.8) is 0 Å². The van der Waals surface area contributed by atoms with E-state index in [1.165, 1.54) is 19.1 Å². The van der Waals surface area contributed by atoms with Crippen LogP contribution in [0.3, 0.4) is 0 Å². The van der Waals surface area contributed by atoms with E-state index in [1.54, 1.807) is 19.1 Å². The van der Waals surface area contributed by atoms with Crippen LogP contribution in [0.4, 0.5) is 0 Å². The fraction of sp³-hybridized carbons (Fsp3) is 0.167. The number of rotatable bonds is 3. The quantitative estimate of drug-likeness (QED) is 0.542. The fourth-order valence-corrected chi connectivity index (χ4v) is 2.78. The smallest absolute Gasteiger partial charge is 0.340 e. The minimum Gasteiger partial charge on any atom is -0.462 e. The number of ketones is 3. The molecule has 0 spiro atoms. The third kappa shape index (κ3) is 2.23. The van der Waals surface area contributed by atoms with E-state index < -0.39 is 23.3 Å². The van der Waals surface area contributed by atoms with Crippen LogP contribution in [0.5, 0.6) is 0 Å². The largest absolute Gasteiger partial charge is 0.462 e. The van der Waals surface area contributed by atoms with Gasteiger partial charge in [0, 0.05) is 22.9 Å². The lowest BCUT2D eigenvalue weighted by Crippen LogP contribution is -2.27. The maximum absolute atomic E-state index is 12.8. The Morgan fingerprint density at radius 1 is 1.08 bits per heavy atom. The van der Waals surface area contributed by atoms with Crippen molar-refractivity contribution in [2.75, 3.05) is 6.61 Å². The molecular formula is C18H13NO5. The van der Waals surface area contributed by atoms with Gasteiger partial charge in [-0.25, -0.2) is 4.79 Å². The Balaban J connectivity index is 2.31. The maximum atomic E-state index is 12.8. The molecule has 1 aliphatic rings. The minimum absolute atomic E-state index is 0.108. The normalized spacial score (nSPS) is 12.4. The summed E-state index contributed by atoms with van der Waals surface area (Å²) in [5.41, 5.74) is -0.0372. The Morgan fingerprint density at radius 3 is 2.29 bits per heavy atom. The Labute approximate surface area is 137 Å². The van der Waals surface area contributed by atoms with Crippen LogP contribution in [0.15, 0.2) is 30.5 Å². The predicted octanol–water partition coefficient (Wildman–Crippen LogP) is 2.24. The van der Waals surface area contributed by atoms with Crippen molar-refractivity contribution in [1.82, 2.24) is 4.98 Å². The zero-order chi connectivity index (χ0) is 17.4. The minimum atomic E-state index is -0.753. The molecule has 2 aromatic rings. The number of benzene rings is 1. The van der Waals surface area contributed by atoms with Crippen molar-refractivity contribution in [3.8, 4) is 0 Å². The summed E-state index contributed by atoms with van der Waals surface area (Å²) in [6.45, 7) is 2.97. The summed E-state index contributed by atoms with van der Waals surface area (Å²) in [5.74, 6) is -2.20. The number of ether oxygens (including phenoxy) is 1. The molecule has 3 rings (SSSR count). The summed E-state index contributed by atoms with van der Waals surface area (Å²) in [5, 5.41) is 0. The van der Waals surface area contributed by atoms with Crippen LogP contribution >= 0.6 is 0 Å². The number of hydrogen-bond donors (Lipinski definition) is 0. The highest BCUT2D eigenvalue weighted by molar-refractivity contribution is 6.31. The van der Waals surface area contributed by atoms with Crippen LogP contribution in [-0.4, -0.2) is 34.9 Å². The Morgan fingerprint density at radius 2 is 1.71 bits per heavy atom. The van der Waals surface area contributed by atoms with Gasteiger partial charge in [0.2, 0.25) is 5.78 Å². The van der Waals surface area contributed by atoms with Gasteiger partial charge in [0.25, 0.3) is 0 Å². The Hall–Kier alpha value is -3.15. The number of fused-ring (bicyclic) bond motifs is 2. The van der Waals surface area contributed by atoms with Crippen LogP contribution in [0, 0.1) is 0 Å². The predicted molar refractivity (Wildman–Crippen MR) is 83.5 cm³/mol. The van der Waals surface area contributed by atoms with Gasteiger partial charge in [-0.3, -0.25) is 19.4 Å². The van der Waals surface area contributed by atoms with Gasteiger partial charge in [-0.05, 0) is 13.8 Å². The van der Waals surface area contributed by atoms with Gasteiger partial charge in [0.1, 0.15) is 5.69 Å². The molecule has 0 aliphatic heterocycles. The first-order valence-corrected chi connectivity index (χ1v) is 7.36. The molecule has 6 nitrogen and oxygen atoms in total. The third-order valence-corrected chi connectivity index (χ3v) is 3.78. The summed E-state index contributed by atoms with van der Waals surface area (Å²) in [6.07, 6.45) is 1.12. The van der Waals surface area contributed by atoms with Gasteiger partial charge in [0.15, 0.2) is 11.6 Å². The molecule has 1 heterocycles. The van der Waals surface area contributed by atoms with E-state index in [0.717, 1.165) is 6.20 Å². The summed E-state index contributed by atoms with van der Waals surface area (Å²) in [4.78, 5) is 53.6. The van der Waals surface area contributed by atoms with Gasteiger partial charge in [-0.1, -0.05) is 24.3 Å². The third-order valence-electron chi connectivity index (χ3n) is 3.78. The second kappa shape index (κ2) is 5.81. The highest BCUT2D eigenvalue weighted by Crippen LogP contribution is 2.30. The second-order valence-electron chi connectivity index (χ2n) is 5.25. The van der Waals surface area contributed by atoms with Crippen molar-refractivity contribution in [1.29, 1.82) is 0 Å².